The Hall–Kier alpha value is -0.550. The first kappa shape index (κ1) is 22.6. The summed E-state index contributed by atoms with van der Waals surface area (Å²) in [6.45, 7) is 4.39. The van der Waals surface area contributed by atoms with Gasteiger partial charge in [0.2, 0.25) is 0 Å². The lowest BCUT2D eigenvalue weighted by Gasteiger charge is -2.20. The van der Waals surface area contributed by atoms with Crippen LogP contribution in [0.25, 0.3) is 11.1 Å². The summed E-state index contributed by atoms with van der Waals surface area (Å²) in [5.74, 6) is -0.426. The molecule has 0 bridgehead atoms. The van der Waals surface area contributed by atoms with Crippen LogP contribution in [0.5, 0.6) is 0 Å². The molecule has 0 spiro atoms. The van der Waals surface area contributed by atoms with Gasteiger partial charge in [-0.3, -0.25) is 4.79 Å². The molecule has 0 N–H and O–H groups in total. The minimum absolute atomic E-state index is 0.000796. The summed E-state index contributed by atoms with van der Waals surface area (Å²) in [4.78, 5) is 12.7. The van der Waals surface area contributed by atoms with Crippen LogP contribution in [0.3, 0.4) is 0 Å². The van der Waals surface area contributed by atoms with E-state index in [9.17, 15) is 4.79 Å². The van der Waals surface area contributed by atoms with Gasteiger partial charge in [-0.1, -0.05) is 95.4 Å². The number of carbonyl (C=O) groups is 1. The molecule has 2 aliphatic carbocycles. The van der Waals surface area contributed by atoms with Crippen LogP contribution in [-0.2, 0) is 29.0 Å². The van der Waals surface area contributed by atoms with Crippen LogP contribution in [0.2, 0.25) is 0 Å². The topological polar surface area (TPSA) is 26.3 Å². The van der Waals surface area contributed by atoms with E-state index in [0.29, 0.717) is 0 Å². The Bertz CT molecular complexity index is 968. The quantitative estimate of drug-likeness (QED) is 0.274. The lowest BCUT2D eigenvalue weighted by atomic mass is 9.93. The minimum Gasteiger partial charge on any atom is -0.461 e. The van der Waals surface area contributed by atoms with E-state index in [2.05, 4.69) is 88.2 Å². The molecule has 160 valence electrons. The molecule has 1 saturated carbocycles. The Morgan fingerprint density at radius 3 is 2.60 bits per heavy atom. The van der Waals surface area contributed by atoms with Crippen molar-refractivity contribution < 1.29 is 9.53 Å². The number of alkyl halides is 4. The maximum Gasteiger partial charge on any atom is 0.310 e. The summed E-state index contributed by atoms with van der Waals surface area (Å²) in [5, 5.41) is 0. The fourth-order valence-corrected chi connectivity index (χ4v) is 6.43. The van der Waals surface area contributed by atoms with Crippen molar-refractivity contribution in [3.63, 3.8) is 0 Å². The zero-order chi connectivity index (χ0) is 21.7. The first-order valence-corrected chi connectivity index (χ1v) is 12.7. The molecule has 6 heteroatoms. The molecule has 2 aromatic rings. The van der Waals surface area contributed by atoms with Crippen molar-refractivity contribution in [2.75, 3.05) is 0 Å². The maximum atomic E-state index is 12.9. The lowest BCUT2D eigenvalue weighted by molar-refractivity contribution is -0.147. The van der Waals surface area contributed by atoms with Gasteiger partial charge in [-0.2, -0.15) is 0 Å². The zero-order valence-corrected chi connectivity index (χ0v) is 21.6. The highest BCUT2D eigenvalue weighted by molar-refractivity contribution is 9.13. The molecular formula is C24H24Br2Cl2O2. The molecule has 2 aliphatic rings. The van der Waals surface area contributed by atoms with E-state index in [-0.39, 0.29) is 34.7 Å². The fraction of sp³-hybridized carbons (Fsp3) is 0.458. The second-order valence-corrected chi connectivity index (χ2v) is 13.4. The average Bonchev–Trinajstić information content (AvgIpc) is 3.32. The highest BCUT2D eigenvalue weighted by atomic mass is 79.9. The van der Waals surface area contributed by atoms with Gasteiger partial charge in [0.25, 0.3) is 0 Å². The summed E-state index contributed by atoms with van der Waals surface area (Å²) < 4.78 is 4.68. The molecular weight excluding hydrogens is 551 g/mol. The predicted molar refractivity (Wildman–Crippen MR) is 131 cm³/mol. The summed E-state index contributed by atoms with van der Waals surface area (Å²) in [7, 11) is 0. The number of hydrogen-bond acceptors (Lipinski definition) is 2. The van der Waals surface area contributed by atoms with Gasteiger partial charge in [-0.25, -0.2) is 0 Å². The number of esters is 1. The third kappa shape index (κ3) is 4.22. The van der Waals surface area contributed by atoms with Crippen LogP contribution in [0.1, 0.15) is 37.0 Å². The smallest absolute Gasteiger partial charge is 0.310 e. The normalized spacial score (nSPS) is 23.0. The van der Waals surface area contributed by atoms with E-state index in [4.69, 9.17) is 27.9 Å². The molecule has 0 aromatic heterocycles. The molecule has 0 aliphatic heterocycles. The van der Waals surface area contributed by atoms with Crippen LogP contribution >= 0.6 is 55.1 Å². The lowest BCUT2D eigenvalue weighted by Crippen LogP contribution is -2.23. The van der Waals surface area contributed by atoms with Crippen molar-refractivity contribution in [1.82, 2.24) is 0 Å². The van der Waals surface area contributed by atoms with E-state index >= 15 is 0 Å². The third-order valence-electron chi connectivity index (χ3n) is 6.62. The molecule has 3 atom stereocenters. The Morgan fingerprint density at radius 1 is 1.17 bits per heavy atom. The van der Waals surface area contributed by atoms with Crippen LogP contribution in [0.15, 0.2) is 42.5 Å². The van der Waals surface area contributed by atoms with Gasteiger partial charge in [-0.05, 0) is 74.3 Å². The predicted octanol–water partition coefficient (Wildman–Crippen LogP) is 7.45. The highest BCUT2D eigenvalue weighted by Gasteiger charge is 2.67. The fourth-order valence-electron chi connectivity index (χ4n) is 4.89. The van der Waals surface area contributed by atoms with Crippen LogP contribution in [0.4, 0.5) is 0 Å². The van der Waals surface area contributed by atoms with Gasteiger partial charge in [0.1, 0.15) is 6.61 Å². The average molecular weight is 575 g/mol. The van der Waals surface area contributed by atoms with Crippen molar-refractivity contribution in [3.05, 3.63) is 59.2 Å². The van der Waals surface area contributed by atoms with Crippen molar-refractivity contribution in [2.24, 2.45) is 17.3 Å². The van der Waals surface area contributed by atoms with Crippen LogP contribution < -0.4 is 0 Å². The molecule has 0 radical (unpaired) electrons. The molecule has 2 nitrogen and oxygen atoms in total. The number of fused-ring (bicyclic) bond motifs is 3. The molecule has 0 saturated heterocycles. The number of aryl methyl sites for hydroxylation is 1. The zero-order valence-electron chi connectivity index (χ0n) is 16.9. The van der Waals surface area contributed by atoms with Crippen molar-refractivity contribution in [1.29, 1.82) is 0 Å². The number of rotatable bonds is 5. The molecule has 30 heavy (non-hydrogen) atoms. The van der Waals surface area contributed by atoms with Gasteiger partial charge >= 0.3 is 5.97 Å². The summed E-state index contributed by atoms with van der Waals surface area (Å²) in [6.07, 6.45) is 3.15. The monoisotopic (exact) mass is 572 g/mol. The van der Waals surface area contributed by atoms with Gasteiger partial charge in [-0.15, -0.1) is 0 Å². The van der Waals surface area contributed by atoms with E-state index in [1.54, 1.807) is 0 Å². The molecule has 4 rings (SSSR count). The number of benzene rings is 2. The Labute approximate surface area is 204 Å². The second kappa shape index (κ2) is 8.42. The number of hydrogen-bond donors (Lipinski definition) is 0. The van der Waals surface area contributed by atoms with Crippen LogP contribution in [-0.4, -0.2) is 14.0 Å². The van der Waals surface area contributed by atoms with E-state index in [0.717, 1.165) is 24.8 Å². The molecule has 0 amide bonds. The van der Waals surface area contributed by atoms with Crippen molar-refractivity contribution in [3.8, 4) is 11.1 Å². The standard InChI is InChI=1S/C24H24Br2Cl2O2/c1-23(2)19(21(25)24(26,27)28)20(23)22(29)30-13-15-9-6-12-18-16-10-4-3-7-14(16)8-5-11-17(15)18/h3-4,6-7,9-10,12,19-21H,5,8,11,13H2,1-2H3/t19?,20-,21?/m0/s1. The molecule has 2 aromatic carbocycles. The first-order chi connectivity index (χ1) is 14.1. The van der Waals surface area contributed by atoms with E-state index in [1.807, 2.05) is 0 Å². The second-order valence-electron chi connectivity index (χ2n) is 8.83. The SMILES string of the molecule is CC1(C)C(C(Br)C(Cl)(Cl)Br)[C@H]1C(=O)OCc1cccc2c1CCCc1ccccc1-2. The summed E-state index contributed by atoms with van der Waals surface area (Å²) in [6, 6.07) is 14.9. The third-order valence-corrected chi connectivity index (χ3v) is 9.98. The molecule has 1 fully saturated rings. The van der Waals surface area contributed by atoms with Crippen molar-refractivity contribution in [2.45, 2.75) is 47.8 Å². The summed E-state index contributed by atoms with van der Waals surface area (Å²) >= 11 is 19.3. The number of ether oxygens (including phenoxy) is 1. The Balaban J connectivity index is 1.52. The van der Waals surface area contributed by atoms with E-state index in [1.165, 1.54) is 22.3 Å². The Kier molecular flexibility index (Phi) is 6.36. The highest BCUT2D eigenvalue weighted by Crippen LogP contribution is 2.65. The van der Waals surface area contributed by atoms with Gasteiger partial charge in [0.05, 0.1) is 10.7 Å². The Morgan fingerprint density at radius 2 is 1.87 bits per heavy atom. The first-order valence-electron chi connectivity index (χ1n) is 10.2. The number of carbonyl (C=O) groups excluding carboxylic acids is 1. The maximum absolute atomic E-state index is 12.9. The minimum atomic E-state index is -1.13. The summed E-state index contributed by atoms with van der Waals surface area (Å²) in [5.41, 5.74) is 6.10. The van der Waals surface area contributed by atoms with Gasteiger partial charge in [0.15, 0.2) is 3.24 Å². The molecule has 2 unspecified atom stereocenters. The van der Waals surface area contributed by atoms with Crippen LogP contribution in [0, 0.1) is 17.3 Å². The van der Waals surface area contributed by atoms with Gasteiger partial charge < -0.3 is 4.74 Å². The van der Waals surface area contributed by atoms with Crippen molar-refractivity contribution >= 4 is 61.0 Å². The molecule has 0 heterocycles. The van der Waals surface area contributed by atoms with Gasteiger partial charge in [0, 0.05) is 0 Å². The van der Waals surface area contributed by atoms with E-state index < -0.39 is 3.24 Å². The largest absolute Gasteiger partial charge is 0.461 e. The number of halogens is 4.